The Kier molecular flexibility index (Phi) is 10.1. The summed E-state index contributed by atoms with van der Waals surface area (Å²) in [5.41, 5.74) is 0.465. The average Bonchev–Trinajstić information content (AvgIpc) is 3.24. The first kappa shape index (κ1) is 28.6. The van der Waals surface area contributed by atoms with Gasteiger partial charge in [-0.05, 0) is 82.0 Å². The highest BCUT2D eigenvalue weighted by Gasteiger charge is 2.51. The van der Waals surface area contributed by atoms with Crippen LogP contribution in [-0.4, -0.2) is 73.3 Å². The van der Waals surface area contributed by atoms with Crippen molar-refractivity contribution in [2.75, 3.05) is 33.2 Å². The summed E-state index contributed by atoms with van der Waals surface area (Å²) in [7, 11) is 5.75. The number of hydrogen-bond donors (Lipinski definition) is 0. The van der Waals surface area contributed by atoms with Gasteiger partial charge >= 0.3 is 6.16 Å². The van der Waals surface area contributed by atoms with Crippen molar-refractivity contribution in [2.45, 2.75) is 88.1 Å². The fourth-order valence-corrected chi connectivity index (χ4v) is 7.82. The Hall–Kier alpha value is -1.44. The second-order valence-corrected chi connectivity index (χ2v) is 12.6. The zero-order valence-corrected chi connectivity index (χ0v) is 24.5. The van der Waals surface area contributed by atoms with Gasteiger partial charge in [-0.15, -0.1) is 0 Å². The number of thioether (sulfide) groups is 1. The van der Waals surface area contributed by atoms with Gasteiger partial charge in [0.1, 0.15) is 0 Å². The Labute approximate surface area is 232 Å². The molecule has 1 aliphatic heterocycles. The van der Waals surface area contributed by atoms with Gasteiger partial charge in [0, 0.05) is 17.1 Å². The standard InChI is InChI=1S/C29H44ClN3O3S/c1-32(2)27(23-14-16-24(30)17-15-23)22-12-10-21(11-13-22)18-26-29(19-37-4,36-28(34)35-3)31-20-33(26)25-8-6-5-7-9-25/h14-17,20-22,25-27H,5-13,18-19H2,1-4H3. The third-order valence-corrected chi connectivity index (χ3v) is 9.68. The Bertz CT molecular complexity index is 900. The lowest BCUT2D eigenvalue weighted by atomic mass is 9.74. The van der Waals surface area contributed by atoms with Crippen molar-refractivity contribution >= 4 is 35.9 Å². The molecule has 2 fully saturated rings. The number of ether oxygens (including phenoxy) is 2. The zero-order chi connectivity index (χ0) is 26.4. The summed E-state index contributed by atoms with van der Waals surface area (Å²) in [6, 6.07) is 9.30. The summed E-state index contributed by atoms with van der Waals surface area (Å²) >= 11 is 7.85. The summed E-state index contributed by atoms with van der Waals surface area (Å²) < 4.78 is 10.9. The van der Waals surface area contributed by atoms with E-state index in [4.69, 9.17) is 26.1 Å². The summed E-state index contributed by atoms with van der Waals surface area (Å²) in [4.78, 5) is 22.1. The van der Waals surface area contributed by atoms with Crippen LogP contribution in [0.25, 0.3) is 0 Å². The fourth-order valence-electron chi connectivity index (χ4n) is 6.96. The minimum Gasteiger partial charge on any atom is -0.438 e. The number of benzene rings is 1. The van der Waals surface area contributed by atoms with E-state index in [2.05, 4.69) is 42.3 Å². The molecule has 0 spiro atoms. The normalized spacial score (nSPS) is 29.5. The van der Waals surface area contributed by atoms with E-state index in [1.807, 2.05) is 18.5 Å². The highest BCUT2D eigenvalue weighted by atomic mass is 35.5. The molecule has 0 bridgehead atoms. The molecule has 0 radical (unpaired) electrons. The van der Waals surface area contributed by atoms with Gasteiger partial charge in [-0.2, -0.15) is 11.8 Å². The van der Waals surface area contributed by atoms with Crippen molar-refractivity contribution in [3.63, 3.8) is 0 Å². The first-order chi connectivity index (χ1) is 17.9. The lowest BCUT2D eigenvalue weighted by Gasteiger charge is -2.43. The predicted molar refractivity (Wildman–Crippen MR) is 154 cm³/mol. The van der Waals surface area contributed by atoms with Crippen LogP contribution >= 0.6 is 23.4 Å². The maximum Gasteiger partial charge on any atom is 0.510 e. The minimum atomic E-state index is -0.879. The molecule has 3 aliphatic rings. The van der Waals surface area contributed by atoms with Gasteiger partial charge in [-0.3, -0.25) is 0 Å². The van der Waals surface area contributed by atoms with Crippen LogP contribution in [-0.2, 0) is 9.47 Å². The van der Waals surface area contributed by atoms with Crippen LogP contribution < -0.4 is 0 Å². The SMILES string of the molecule is COC(=O)OC1(CSC)N=CN(C2CCCCC2)C1CC1CCC(C(c2ccc(Cl)cc2)N(C)C)CC1. The Morgan fingerprint density at radius 1 is 1.14 bits per heavy atom. The van der Waals surface area contributed by atoms with Crippen molar-refractivity contribution in [3.8, 4) is 0 Å². The lowest BCUT2D eigenvalue weighted by molar-refractivity contribution is -0.0501. The molecular formula is C29H44ClN3O3S. The van der Waals surface area contributed by atoms with Crippen molar-refractivity contribution < 1.29 is 14.3 Å². The van der Waals surface area contributed by atoms with Gasteiger partial charge in [0.25, 0.3) is 0 Å². The molecule has 2 saturated carbocycles. The molecule has 0 aromatic heterocycles. The molecule has 2 aliphatic carbocycles. The van der Waals surface area contributed by atoms with E-state index in [0.29, 0.717) is 29.7 Å². The van der Waals surface area contributed by atoms with Crippen molar-refractivity contribution in [1.29, 1.82) is 0 Å². The largest absolute Gasteiger partial charge is 0.510 e. The molecule has 3 unspecified atom stereocenters. The highest BCUT2D eigenvalue weighted by molar-refractivity contribution is 7.98. The average molecular weight is 550 g/mol. The van der Waals surface area contributed by atoms with Crippen LogP contribution in [0, 0.1) is 11.8 Å². The number of carbonyl (C=O) groups is 1. The van der Waals surface area contributed by atoms with Gasteiger partial charge in [0.2, 0.25) is 5.72 Å². The number of carbonyl (C=O) groups excluding carboxylic acids is 1. The number of aliphatic imine (C=N–C) groups is 1. The smallest absolute Gasteiger partial charge is 0.438 e. The Morgan fingerprint density at radius 3 is 2.41 bits per heavy atom. The van der Waals surface area contributed by atoms with E-state index >= 15 is 0 Å². The van der Waals surface area contributed by atoms with E-state index < -0.39 is 11.9 Å². The summed E-state index contributed by atoms with van der Waals surface area (Å²) in [5, 5.41) is 0.786. The highest BCUT2D eigenvalue weighted by Crippen LogP contribution is 2.44. The van der Waals surface area contributed by atoms with Gasteiger partial charge in [0.05, 0.1) is 25.2 Å². The molecule has 6 nitrogen and oxygen atoms in total. The molecule has 8 heteroatoms. The van der Waals surface area contributed by atoms with Gasteiger partial charge < -0.3 is 19.3 Å². The molecule has 206 valence electrons. The number of methoxy groups -OCH3 is 1. The first-order valence-electron chi connectivity index (χ1n) is 13.9. The van der Waals surface area contributed by atoms with Crippen LogP contribution in [0.1, 0.15) is 75.8 Å². The maximum absolute atomic E-state index is 12.3. The van der Waals surface area contributed by atoms with Crippen LogP contribution in [0.15, 0.2) is 29.3 Å². The van der Waals surface area contributed by atoms with Crippen molar-refractivity contribution in [2.24, 2.45) is 16.8 Å². The predicted octanol–water partition coefficient (Wildman–Crippen LogP) is 7.03. The Morgan fingerprint density at radius 2 is 1.81 bits per heavy atom. The van der Waals surface area contributed by atoms with E-state index in [1.165, 1.54) is 70.5 Å². The summed E-state index contributed by atoms with van der Waals surface area (Å²) in [6.07, 6.45) is 15.4. The summed E-state index contributed by atoms with van der Waals surface area (Å²) in [6.45, 7) is 0. The number of rotatable bonds is 9. The number of nitrogens with zero attached hydrogens (tertiary/aromatic N) is 3. The number of hydrogen-bond acceptors (Lipinski definition) is 7. The van der Waals surface area contributed by atoms with Crippen LogP contribution in [0.3, 0.4) is 0 Å². The molecule has 1 aromatic carbocycles. The molecule has 0 saturated heterocycles. The van der Waals surface area contributed by atoms with E-state index in [9.17, 15) is 4.79 Å². The van der Waals surface area contributed by atoms with Crippen LogP contribution in [0.4, 0.5) is 4.79 Å². The van der Waals surface area contributed by atoms with Crippen LogP contribution in [0.5, 0.6) is 0 Å². The molecule has 3 atom stereocenters. The van der Waals surface area contributed by atoms with Gasteiger partial charge in [-0.1, -0.05) is 55.8 Å². The topological polar surface area (TPSA) is 54.4 Å². The van der Waals surface area contributed by atoms with Gasteiger partial charge in [-0.25, -0.2) is 9.79 Å². The fraction of sp³-hybridized carbons (Fsp3) is 0.724. The third-order valence-electron chi connectivity index (χ3n) is 8.73. The summed E-state index contributed by atoms with van der Waals surface area (Å²) in [5.74, 6) is 1.84. The van der Waals surface area contributed by atoms with Crippen molar-refractivity contribution in [3.05, 3.63) is 34.9 Å². The zero-order valence-electron chi connectivity index (χ0n) is 22.9. The second-order valence-electron chi connectivity index (χ2n) is 11.3. The molecule has 0 amide bonds. The minimum absolute atomic E-state index is 0.0598. The molecule has 0 N–H and O–H groups in total. The van der Waals surface area contributed by atoms with E-state index in [0.717, 1.165) is 11.4 Å². The molecular weight excluding hydrogens is 506 g/mol. The third kappa shape index (κ3) is 6.77. The molecule has 4 rings (SSSR count). The van der Waals surface area contributed by atoms with E-state index in [1.54, 1.807) is 11.8 Å². The quantitative estimate of drug-likeness (QED) is 0.308. The Balaban J connectivity index is 1.48. The van der Waals surface area contributed by atoms with Crippen molar-refractivity contribution in [1.82, 2.24) is 9.80 Å². The molecule has 1 heterocycles. The number of halogens is 1. The second kappa shape index (κ2) is 13.1. The maximum atomic E-state index is 12.3. The molecule has 1 aromatic rings. The monoisotopic (exact) mass is 549 g/mol. The van der Waals surface area contributed by atoms with Gasteiger partial charge in [0.15, 0.2) is 0 Å². The van der Waals surface area contributed by atoms with Crippen LogP contribution in [0.2, 0.25) is 5.02 Å². The van der Waals surface area contributed by atoms with E-state index in [-0.39, 0.29) is 6.04 Å². The first-order valence-corrected chi connectivity index (χ1v) is 15.6. The lowest BCUT2D eigenvalue weighted by Crippen LogP contribution is -2.54. The molecule has 37 heavy (non-hydrogen) atoms.